The van der Waals surface area contributed by atoms with Crippen molar-refractivity contribution in [3.05, 3.63) is 34.9 Å². The van der Waals surface area contributed by atoms with Crippen LogP contribution in [0.25, 0.3) is 0 Å². The van der Waals surface area contributed by atoms with E-state index in [4.69, 9.17) is 17.3 Å². The molecule has 2 fully saturated rings. The molecule has 3 rings (SSSR count). The van der Waals surface area contributed by atoms with Crippen LogP contribution >= 0.6 is 11.6 Å². The maximum absolute atomic E-state index is 12.6. The maximum Gasteiger partial charge on any atom is 0.230 e. The minimum Gasteiger partial charge on any atom is -0.335 e. The number of halogens is 1. The molecule has 4 heteroatoms. The first-order chi connectivity index (χ1) is 9.16. The lowest BCUT2D eigenvalue weighted by atomic mass is 10.0. The predicted molar refractivity (Wildman–Crippen MR) is 75.9 cm³/mol. The fourth-order valence-corrected chi connectivity index (χ4v) is 3.23. The fraction of sp³-hybridized carbons (Fsp3) is 0.533. The molecule has 0 bridgehead atoms. The summed E-state index contributed by atoms with van der Waals surface area (Å²) in [7, 11) is 0. The first-order valence-corrected chi connectivity index (χ1v) is 7.31. The first kappa shape index (κ1) is 12.9. The van der Waals surface area contributed by atoms with Gasteiger partial charge >= 0.3 is 0 Å². The van der Waals surface area contributed by atoms with Crippen molar-refractivity contribution < 1.29 is 4.79 Å². The van der Waals surface area contributed by atoms with E-state index in [1.807, 2.05) is 23.1 Å². The number of carbonyl (C=O) groups excluding carboxylic acids is 1. The van der Waals surface area contributed by atoms with E-state index >= 15 is 0 Å². The number of hydrogen-bond acceptors (Lipinski definition) is 2. The first-order valence-electron chi connectivity index (χ1n) is 6.93. The average Bonchev–Trinajstić information content (AvgIpc) is 3.07. The molecular weight excluding hydrogens is 260 g/mol. The van der Waals surface area contributed by atoms with Gasteiger partial charge < -0.3 is 10.6 Å². The number of likely N-dealkylation sites (tertiary alicyclic amines) is 1. The highest BCUT2D eigenvalue weighted by molar-refractivity contribution is 6.30. The minimum absolute atomic E-state index is 0.176. The van der Waals surface area contributed by atoms with Crippen molar-refractivity contribution in [2.75, 3.05) is 13.1 Å². The summed E-state index contributed by atoms with van der Waals surface area (Å²) in [5, 5.41) is 0.733. The molecule has 0 aromatic heterocycles. The third-order valence-corrected chi connectivity index (χ3v) is 4.68. The van der Waals surface area contributed by atoms with E-state index in [0.717, 1.165) is 42.8 Å². The van der Waals surface area contributed by atoms with Gasteiger partial charge in [-0.05, 0) is 43.4 Å². The van der Waals surface area contributed by atoms with Crippen LogP contribution in [-0.2, 0) is 4.79 Å². The summed E-state index contributed by atoms with van der Waals surface area (Å²) in [6, 6.07) is 8.03. The molecule has 0 radical (unpaired) electrons. The Morgan fingerprint density at radius 2 is 2.26 bits per heavy atom. The summed E-state index contributed by atoms with van der Waals surface area (Å²) in [5.41, 5.74) is 6.67. The molecule has 1 aromatic rings. The summed E-state index contributed by atoms with van der Waals surface area (Å²) in [6.07, 6.45) is 3.97. The number of nitrogens with zero attached hydrogens (tertiary/aromatic N) is 1. The highest BCUT2D eigenvalue weighted by Gasteiger charge is 2.52. The van der Waals surface area contributed by atoms with Gasteiger partial charge in [0.2, 0.25) is 5.91 Å². The summed E-state index contributed by atoms with van der Waals surface area (Å²) in [5.74, 6) is 0.248. The maximum atomic E-state index is 12.6. The molecule has 2 N–H and O–H groups in total. The van der Waals surface area contributed by atoms with Crippen LogP contribution < -0.4 is 5.73 Å². The van der Waals surface area contributed by atoms with Gasteiger partial charge in [0.1, 0.15) is 0 Å². The van der Waals surface area contributed by atoms with Crippen molar-refractivity contribution in [2.45, 2.75) is 31.7 Å². The number of hydrogen-bond donors (Lipinski definition) is 1. The van der Waals surface area contributed by atoms with Gasteiger partial charge in [-0.3, -0.25) is 4.79 Å². The lowest BCUT2D eigenvalue weighted by molar-refractivity contribution is -0.137. The minimum atomic E-state index is -0.249. The van der Waals surface area contributed by atoms with Crippen molar-refractivity contribution in [3.8, 4) is 0 Å². The average molecular weight is 279 g/mol. The Bertz CT molecular complexity index is 499. The van der Waals surface area contributed by atoms with Crippen molar-refractivity contribution >= 4 is 17.5 Å². The van der Waals surface area contributed by atoms with Crippen LogP contribution in [0, 0.1) is 5.41 Å². The number of amides is 1. The molecule has 3 nitrogen and oxygen atoms in total. The number of carbonyl (C=O) groups is 1. The molecule has 1 unspecified atom stereocenters. The molecule has 1 saturated heterocycles. The lowest BCUT2D eigenvalue weighted by Gasteiger charge is -2.29. The molecular formula is C15H19ClN2O. The molecule has 0 spiro atoms. The zero-order valence-corrected chi connectivity index (χ0v) is 11.7. The molecule has 2 aliphatic rings. The molecule has 1 heterocycles. The Morgan fingerprint density at radius 1 is 1.47 bits per heavy atom. The summed E-state index contributed by atoms with van der Waals surface area (Å²) in [6.45, 7) is 1.32. The van der Waals surface area contributed by atoms with Crippen LogP contribution in [0.5, 0.6) is 0 Å². The second-order valence-electron chi connectivity index (χ2n) is 5.70. The van der Waals surface area contributed by atoms with Crippen molar-refractivity contribution in [1.29, 1.82) is 0 Å². The standard InChI is InChI=1S/C15H19ClN2O/c16-12-4-1-3-11(9-12)13-5-2-8-18(13)14(19)15(10-17)6-7-15/h1,3-4,9,13H,2,5-8,10,17H2. The van der Waals surface area contributed by atoms with E-state index in [2.05, 4.69) is 6.07 Å². The highest BCUT2D eigenvalue weighted by Crippen LogP contribution is 2.48. The van der Waals surface area contributed by atoms with E-state index in [0.29, 0.717) is 6.54 Å². The third kappa shape index (κ3) is 2.26. The van der Waals surface area contributed by atoms with Gasteiger partial charge in [-0.25, -0.2) is 0 Å². The van der Waals surface area contributed by atoms with Crippen molar-refractivity contribution in [1.82, 2.24) is 4.90 Å². The summed E-state index contributed by atoms with van der Waals surface area (Å²) >= 11 is 6.06. The zero-order valence-electron chi connectivity index (χ0n) is 10.9. The Labute approximate surface area is 118 Å². The van der Waals surface area contributed by atoms with Crippen molar-refractivity contribution in [2.24, 2.45) is 11.1 Å². The zero-order chi connectivity index (χ0) is 13.5. The second kappa shape index (κ2) is 4.80. The largest absolute Gasteiger partial charge is 0.335 e. The van der Waals surface area contributed by atoms with Crippen LogP contribution in [0.2, 0.25) is 5.02 Å². The van der Waals surface area contributed by atoms with Gasteiger partial charge in [0.05, 0.1) is 11.5 Å². The fourth-order valence-electron chi connectivity index (χ4n) is 3.03. The Balaban J connectivity index is 1.84. The molecule has 1 aliphatic carbocycles. The quantitative estimate of drug-likeness (QED) is 0.924. The topological polar surface area (TPSA) is 46.3 Å². The van der Waals surface area contributed by atoms with E-state index in [-0.39, 0.29) is 17.4 Å². The van der Waals surface area contributed by atoms with Crippen LogP contribution in [0.15, 0.2) is 24.3 Å². The summed E-state index contributed by atoms with van der Waals surface area (Å²) in [4.78, 5) is 14.7. The molecule has 1 atom stereocenters. The van der Waals surface area contributed by atoms with Crippen LogP contribution in [0.1, 0.15) is 37.3 Å². The number of benzene rings is 1. The smallest absolute Gasteiger partial charge is 0.230 e. The van der Waals surface area contributed by atoms with Gasteiger partial charge in [-0.2, -0.15) is 0 Å². The summed E-state index contributed by atoms with van der Waals surface area (Å²) < 4.78 is 0. The Hall–Kier alpha value is -1.06. The van der Waals surface area contributed by atoms with Gasteiger partial charge in [-0.1, -0.05) is 23.7 Å². The third-order valence-electron chi connectivity index (χ3n) is 4.45. The molecule has 19 heavy (non-hydrogen) atoms. The Kier molecular flexibility index (Phi) is 3.27. The SMILES string of the molecule is NCC1(C(=O)N2CCCC2c2cccc(Cl)c2)CC1. The molecule has 1 amide bonds. The van der Waals surface area contributed by atoms with E-state index in [1.165, 1.54) is 0 Å². The van der Waals surface area contributed by atoms with Crippen LogP contribution in [0.4, 0.5) is 0 Å². The predicted octanol–water partition coefficient (Wildman–Crippen LogP) is 2.74. The Morgan fingerprint density at radius 3 is 2.89 bits per heavy atom. The normalized spacial score (nSPS) is 24.5. The monoisotopic (exact) mass is 278 g/mol. The highest BCUT2D eigenvalue weighted by atomic mass is 35.5. The van der Waals surface area contributed by atoms with E-state index in [9.17, 15) is 4.79 Å². The molecule has 1 saturated carbocycles. The van der Waals surface area contributed by atoms with Crippen molar-refractivity contribution in [3.63, 3.8) is 0 Å². The van der Waals surface area contributed by atoms with Gasteiger partial charge in [-0.15, -0.1) is 0 Å². The molecule has 1 aromatic carbocycles. The number of nitrogens with two attached hydrogens (primary N) is 1. The van der Waals surface area contributed by atoms with Gasteiger partial charge in [0, 0.05) is 18.1 Å². The van der Waals surface area contributed by atoms with E-state index in [1.54, 1.807) is 0 Å². The van der Waals surface area contributed by atoms with E-state index < -0.39 is 0 Å². The molecule has 102 valence electrons. The lowest BCUT2D eigenvalue weighted by Crippen LogP contribution is -2.40. The van der Waals surface area contributed by atoms with Crippen LogP contribution in [-0.4, -0.2) is 23.9 Å². The van der Waals surface area contributed by atoms with Crippen LogP contribution in [0.3, 0.4) is 0 Å². The number of rotatable bonds is 3. The van der Waals surface area contributed by atoms with Gasteiger partial charge in [0.15, 0.2) is 0 Å². The van der Waals surface area contributed by atoms with Gasteiger partial charge in [0.25, 0.3) is 0 Å². The molecule has 1 aliphatic heterocycles. The second-order valence-corrected chi connectivity index (χ2v) is 6.13.